The Morgan fingerprint density at radius 2 is 1.59 bits per heavy atom. The Kier molecular flexibility index (Phi) is 10.8. The fourth-order valence-electron chi connectivity index (χ4n) is 5.91. The molecule has 1 heterocycles. The molecule has 0 aromatic heterocycles. The van der Waals surface area contributed by atoms with Crippen LogP contribution < -0.4 is 4.90 Å². The molecule has 4 aromatic carbocycles. The average molecular weight is 729 g/mol. The van der Waals surface area contributed by atoms with Gasteiger partial charge in [-0.1, -0.05) is 60.1 Å². The fourth-order valence-corrected chi connectivity index (χ4v) is 8.70. The number of hydrogen-bond donors (Lipinski definition) is 0. The number of anilines is 1. The molecule has 0 spiro atoms. The van der Waals surface area contributed by atoms with Crippen molar-refractivity contribution < 1.29 is 30.8 Å². The second kappa shape index (κ2) is 14.5. The minimum Gasteiger partial charge on any atom is -0.343 e. The first kappa shape index (κ1) is 36.4. The summed E-state index contributed by atoms with van der Waals surface area (Å²) in [5.41, 5.74) is 0.325. The summed E-state index contributed by atoms with van der Waals surface area (Å²) in [4.78, 5) is 31.5. The van der Waals surface area contributed by atoms with E-state index in [0.717, 1.165) is 15.5 Å². The maximum atomic E-state index is 16.4. The highest BCUT2D eigenvalue weighted by Crippen LogP contribution is 2.37. The minimum atomic E-state index is -4.48. The SMILES string of the molecule is CN(C)CCN(C)C(=O)CN(C1CCCN(c2ccc(-c3ccccc3)c(S(C)(=O)=O)c2F)C1=O)S(=O)(=O)c1ccc2cc(Cl)ccc2c1. The van der Waals surface area contributed by atoms with Crippen molar-refractivity contribution in [2.24, 2.45) is 0 Å². The molecule has 14 heteroatoms. The second-order valence-electron chi connectivity index (χ2n) is 12.4. The molecule has 0 N–H and O–H groups in total. The minimum absolute atomic E-state index is 0.0153. The average Bonchev–Trinajstić information content (AvgIpc) is 3.05. The molecule has 1 unspecified atom stereocenters. The summed E-state index contributed by atoms with van der Waals surface area (Å²) in [5.74, 6) is -2.41. The first-order valence-electron chi connectivity index (χ1n) is 15.6. The summed E-state index contributed by atoms with van der Waals surface area (Å²) in [6.45, 7) is 0.217. The summed E-state index contributed by atoms with van der Waals surface area (Å²) in [7, 11) is -3.35. The van der Waals surface area contributed by atoms with Crippen LogP contribution in [0.1, 0.15) is 12.8 Å². The predicted octanol–water partition coefficient (Wildman–Crippen LogP) is 4.91. The molecule has 1 saturated heterocycles. The van der Waals surface area contributed by atoms with E-state index in [1.54, 1.807) is 61.6 Å². The zero-order valence-electron chi connectivity index (χ0n) is 27.6. The van der Waals surface area contributed by atoms with Gasteiger partial charge in [0.15, 0.2) is 15.7 Å². The van der Waals surface area contributed by atoms with Gasteiger partial charge >= 0.3 is 0 Å². The van der Waals surface area contributed by atoms with Crippen LogP contribution in [0.3, 0.4) is 0 Å². The highest BCUT2D eigenvalue weighted by Gasteiger charge is 2.43. The number of piperidine rings is 1. The van der Waals surface area contributed by atoms with Crippen LogP contribution in [0.4, 0.5) is 10.1 Å². The maximum Gasteiger partial charge on any atom is 0.245 e. The highest BCUT2D eigenvalue weighted by molar-refractivity contribution is 7.91. The summed E-state index contributed by atoms with van der Waals surface area (Å²) in [5, 5.41) is 1.77. The van der Waals surface area contributed by atoms with Crippen LogP contribution in [0.5, 0.6) is 0 Å². The number of halogens is 2. The number of sulfonamides is 1. The lowest BCUT2D eigenvalue weighted by atomic mass is 10.0. The van der Waals surface area contributed by atoms with E-state index in [1.165, 1.54) is 29.2 Å². The molecular formula is C35H38ClFN4O6S2. The number of amides is 2. The number of nitrogens with zero attached hydrogens (tertiary/aromatic N) is 4. The van der Waals surface area contributed by atoms with Crippen LogP contribution in [-0.2, 0) is 29.4 Å². The van der Waals surface area contributed by atoms with Crippen LogP contribution in [-0.4, -0.2) is 102 Å². The Labute approximate surface area is 291 Å². The topological polar surface area (TPSA) is 115 Å². The van der Waals surface area contributed by atoms with Crippen molar-refractivity contribution in [1.82, 2.24) is 14.1 Å². The molecule has 0 bridgehead atoms. The number of hydrogen-bond acceptors (Lipinski definition) is 7. The van der Waals surface area contributed by atoms with Gasteiger partial charge in [0.1, 0.15) is 10.9 Å². The molecule has 0 radical (unpaired) electrons. The highest BCUT2D eigenvalue weighted by atomic mass is 35.5. The first-order valence-corrected chi connectivity index (χ1v) is 19.3. The van der Waals surface area contributed by atoms with Gasteiger partial charge in [-0.25, -0.2) is 21.2 Å². The predicted molar refractivity (Wildman–Crippen MR) is 189 cm³/mol. The van der Waals surface area contributed by atoms with E-state index in [9.17, 15) is 26.4 Å². The van der Waals surface area contributed by atoms with Crippen LogP contribution in [0.2, 0.25) is 5.02 Å². The van der Waals surface area contributed by atoms with Gasteiger partial charge in [-0.05, 0) is 73.6 Å². The lowest BCUT2D eigenvalue weighted by Crippen LogP contribution is -2.56. The third-order valence-corrected chi connectivity index (χ3v) is 11.8. The van der Waals surface area contributed by atoms with Crippen molar-refractivity contribution in [2.45, 2.75) is 28.7 Å². The van der Waals surface area contributed by atoms with E-state index >= 15 is 4.39 Å². The standard InChI is InChI=1S/C35H38ClFN4O6S2/c1-38(2)19-20-39(3)32(42)23-41(49(46,47)28-15-13-25-21-27(36)14-12-26(25)22-28)31-11-8-18-40(35(31)43)30-17-16-29(24-9-6-5-7-10-24)34(33(30)37)48(4,44)45/h5-7,9-10,12-17,21-22,31H,8,11,18-20,23H2,1-4H3. The maximum absolute atomic E-state index is 16.4. The van der Waals surface area contributed by atoms with Gasteiger partial charge in [-0.3, -0.25) is 9.59 Å². The van der Waals surface area contributed by atoms with E-state index in [4.69, 9.17) is 11.6 Å². The van der Waals surface area contributed by atoms with Crippen molar-refractivity contribution in [1.29, 1.82) is 0 Å². The van der Waals surface area contributed by atoms with Gasteiger partial charge in [-0.15, -0.1) is 0 Å². The van der Waals surface area contributed by atoms with Gasteiger partial charge in [-0.2, -0.15) is 4.31 Å². The number of carbonyl (C=O) groups is 2. The number of sulfone groups is 1. The molecule has 1 aliphatic heterocycles. The lowest BCUT2D eigenvalue weighted by Gasteiger charge is -2.38. The van der Waals surface area contributed by atoms with Crippen molar-refractivity contribution in [3.8, 4) is 11.1 Å². The molecule has 0 saturated carbocycles. The molecule has 49 heavy (non-hydrogen) atoms. The Morgan fingerprint density at radius 1 is 0.918 bits per heavy atom. The Balaban J connectivity index is 1.57. The summed E-state index contributed by atoms with van der Waals surface area (Å²) >= 11 is 6.12. The normalized spacial score (nSPS) is 15.7. The molecule has 2 amide bonds. The fraction of sp³-hybridized carbons (Fsp3) is 0.314. The second-order valence-corrected chi connectivity index (χ2v) is 16.7. The van der Waals surface area contributed by atoms with E-state index in [2.05, 4.69) is 0 Å². The van der Waals surface area contributed by atoms with Gasteiger partial charge in [0.25, 0.3) is 0 Å². The third-order valence-electron chi connectivity index (χ3n) is 8.56. The molecule has 0 aliphatic carbocycles. The number of benzene rings is 4. The van der Waals surface area contributed by atoms with E-state index in [0.29, 0.717) is 34.4 Å². The first-order chi connectivity index (χ1) is 23.1. The third kappa shape index (κ3) is 7.81. The smallest absolute Gasteiger partial charge is 0.245 e. The largest absolute Gasteiger partial charge is 0.343 e. The molecule has 10 nitrogen and oxygen atoms in total. The molecule has 1 fully saturated rings. The van der Waals surface area contributed by atoms with Gasteiger partial charge in [0.2, 0.25) is 21.8 Å². The van der Waals surface area contributed by atoms with Gasteiger partial charge in [0.05, 0.1) is 17.1 Å². The van der Waals surface area contributed by atoms with Crippen molar-refractivity contribution >= 4 is 59.7 Å². The van der Waals surface area contributed by atoms with E-state index in [-0.39, 0.29) is 35.5 Å². The molecule has 5 rings (SSSR count). The lowest BCUT2D eigenvalue weighted by molar-refractivity contribution is -0.131. The van der Waals surface area contributed by atoms with Gasteiger partial charge < -0.3 is 14.7 Å². The van der Waals surface area contributed by atoms with Crippen LogP contribution in [0.25, 0.3) is 21.9 Å². The van der Waals surface area contributed by atoms with Crippen LogP contribution >= 0.6 is 11.6 Å². The van der Waals surface area contributed by atoms with Crippen molar-refractivity contribution in [3.63, 3.8) is 0 Å². The molecule has 260 valence electrons. The number of fused-ring (bicyclic) bond motifs is 1. The monoisotopic (exact) mass is 728 g/mol. The zero-order valence-corrected chi connectivity index (χ0v) is 30.0. The van der Waals surface area contributed by atoms with Crippen molar-refractivity contribution in [2.75, 3.05) is 58.5 Å². The number of likely N-dealkylation sites (N-methyl/N-ethyl adjacent to an activating group) is 2. The van der Waals surface area contributed by atoms with E-state index < -0.39 is 55.0 Å². The van der Waals surface area contributed by atoms with Crippen LogP contribution in [0.15, 0.2) is 88.7 Å². The Bertz CT molecular complexity index is 2110. The molecule has 1 aliphatic rings. The van der Waals surface area contributed by atoms with Gasteiger partial charge in [0, 0.05) is 43.5 Å². The quantitative estimate of drug-likeness (QED) is 0.216. The number of rotatable bonds is 11. The molecule has 1 atom stereocenters. The summed E-state index contributed by atoms with van der Waals surface area (Å²) < 4.78 is 71.9. The molecular weight excluding hydrogens is 691 g/mol. The zero-order chi connectivity index (χ0) is 35.7. The van der Waals surface area contributed by atoms with Crippen molar-refractivity contribution in [3.05, 3.63) is 89.7 Å². The Morgan fingerprint density at radius 3 is 2.27 bits per heavy atom. The summed E-state index contributed by atoms with van der Waals surface area (Å²) in [6.07, 6.45) is 1.22. The van der Waals surface area contributed by atoms with Crippen LogP contribution in [0, 0.1) is 5.82 Å². The Hall–Kier alpha value is -3.88. The molecule has 4 aromatic rings. The van der Waals surface area contributed by atoms with E-state index in [1.807, 2.05) is 19.0 Å². The number of carbonyl (C=O) groups excluding carboxylic acids is 2. The summed E-state index contributed by atoms with van der Waals surface area (Å²) in [6, 6.07) is 19.3.